The van der Waals surface area contributed by atoms with E-state index in [4.69, 9.17) is 5.73 Å². The molecule has 0 atom stereocenters. The minimum atomic E-state index is -3.64. The average molecular weight is 312 g/mol. The van der Waals surface area contributed by atoms with Crippen LogP contribution in [0.25, 0.3) is 0 Å². The van der Waals surface area contributed by atoms with Crippen molar-refractivity contribution in [1.82, 2.24) is 14.6 Å². The lowest BCUT2D eigenvalue weighted by Crippen LogP contribution is -2.37. The monoisotopic (exact) mass is 312 g/mol. The number of sulfonamides is 1. The third-order valence-electron chi connectivity index (χ3n) is 3.41. The highest BCUT2D eigenvalue weighted by atomic mass is 32.2. The van der Waals surface area contributed by atoms with Crippen LogP contribution in [0.2, 0.25) is 0 Å². The Bertz CT molecular complexity index is 580. The molecule has 2 rings (SSSR count). The Kier molecular flexibility index (Phi) is 5.13. The zero-order chi connectivity index (χ0) is 15.3. The van der Waals surface area contributed by atoms with Gasteiger partial charge in [0.1, 0.15) is 10.7 Å². The molecule has 0 spiro atoms. The molecule has 116 valence electrons. The van der Waals surface area contributed by atoms with Gasteiger partial charge >= 0.3 is 0 Å². The van der Waals surface area contributed by atoms with Gasteiger partial charge in [-0.3, -0.25) is 4.79 Å². The molecule has 1 fully saturated rings. The Morgan fingerprint density at radius 3 is 2.62 bits per heavy atom. The van der Waals surface area contributed by atoms with Gasteiger partial charge in [-0.15, -0.1) is 0 Å². The van der Waals surface area contributed by atoms with E-state index in [9.17, 15) is 13.2 Å². The Balaban J connectivity index is 1.84. The normalized spacial score (nSPS) is 15.9. The van der Waals surface area contributed by atoms with E-state index in [0.717, 1.165) is 32.4 Å². The van der Waals surface area contributed by atoms with Crippen LogP contribution >= 0.6 is 0 Å². The maximum atomic E-state index is 12.0. The molecule has 3 N–H and O–H groups in total. The Labute approximate surface area is 124 Å². The number of anilines is 1. The van der Waals surface area contributed by atoms with Crippen molar-refractivity contribution in [2.24, 2.45) is 0 Å². The summed E-state index contributed by atoms with van der Waals surface area (Å²) in [6.07, 6.45) is 4.56. The first-order chi connectivity index (χ1) is 9.99. The molecule has 1 amide bonds. The van der Waals surface area contributed by atoms with Gasteiger partial charge in [0.2, 0.25) is 15.9 Å². The molecule has 0 bridgehead atoms. The smallest absolute Gasteiger partial charge is 0.242 e. The van der Waals surface area contributed by atoms with Gasteiger partial charge < -0.3 is 10.6 Å². The first-order valence-electron chi connectivity index (χ1n) is 6.98. The molecule has 1 aliphatic rings. The predicted octanol–water partition coefficient (Wildman–Crippen LogP) is 0.345. The van der Waals surface area contributed by atoms with Crippen molar-refractivity contribution in [3.8, 4) is 0 Å². The molecule has 1 saturated heterocycles. The number of rotatable bonds is 5. The van der Waals surface area contributed by atoms with E-state index in [-0.39, 0.29) is 29.6 Å². The summed E-state index contributed by atoms with van der Waals surface area (Å²) in [7, 11) is -3.64. The molecule has 7 nitrogen and oxygen atoms in total. The highest BCUT2D eigenvalue weighted by molar-refractivity contribution is 7.89. The minimum absolute atomic E-state index is 0.00664. The van der Waals surface area contributed by atoms with Gasteiger partial charge in [-0.2, -0.15) is 0 Å². The molecule has 2 heterocycles. The summed E-state index contributed by atoms with van der Waals surface area (Å²) in [5.41, 5.74) is 5.42. The zero-order valence-electron chi connectivity index (χ0n) is 11.8. The van der Waals surface area contributed by atoms with Crippen LogP contribution in [0, 0.1) is 0 Å². The number of carbonyl (C=O) groups is 1. The van der Waals surface area contributed by atoms with Crippen LogP contribution in [0.15, 0.2) is 23.2 Å². The fourth-order valence-corrected chi connectivity index (χ4v) is 3.20. The second kappa shape index (κ2) is 6.86. The van der Waals surface area contributed by atoms with Crippen LogP contribution in [-0.2, 0) is 14.8 Å². The first-order valence-corrected chi connectivity index (χ1v) is 8.46. The molecular weight excluding hydrogens is 292 g/mol. The van der Waals surface area contributed by atoms with E-state index >= 15 is 0 Å². The second-order valence-corrected chi connectivity index (χ2v) is 6.77. The van der Waals surface area contributed by atoms with Crippen molar-refractivity contribution >= 4 is 21.7 Å². The molecule has 1 aliphatic heterocycles. The molecule has 1 aromatic rings. The molecule has 0 unspecified atom stereocenters. The van der Waals surface area contributed by atoms with Crippen LogP contribution in [0.5, 0.6) is 0 Å². The number of nitrogens with zero attached hydrogens (tertiary/aromatic N) is 2. The summed E-state index contributed by atoms with van der Waals surface area (Å²) in [4.78, 5) is 17.5. The maximum absolute atomic E-state index is 12.0. The number of carbonyl (C=O) groups excluding carboxylic acids is 1. The lowest BCUT2D eigenvalue weighted by Gasteiger charge is -2.26. The number of aromatic nitrogens is 1. The van der Waals surface area contributed by atoms with Crippen LogP contribution in [0.4, 0.5) is 5.82 Å². The van der Waals surface area contributed by atoms with E-state index in [2.05, 4.69) is 9.71 Å². The number of pyridine rings is 1. The molecule has 0 aliphatic carbocycles. The van der Waals surface area contributed by atoms with E-state index in [1.165, 1.54) is 18.3 Å². The highest BCUT2D eigenvalue weighted by Gasteiger charge is 2.18. The standard InChI is InChI=1S/C13H20N4O3S/c14-12-5-4-11(10-15-12)21(19,20)16-7-6-13(18)17-8-2-1-3-9-17/h4-5,10,16H,1-3,6-9H2,(H2,14,15). The van der Waals surface area contributed by atoms with E-state index < -0.39 is 10.0 Å². The van der Waals surface area contributed by atoms with Crippen molar-refractivity contribution < 1.29 is 13.2 Å². The molecular formula is C13H20N4O3S. The van der Waals surface area contributed by atoms with Crippen LogP contribution in [0.1, 0.15) is 25.7 Å². The van der Waals surface area contributed by atoms with Crippen molar-refractivity contribution in [2.75, 3.05) is 25.4 Å². The van der Waals surface area contributed by atoms with Crippen molar-refractivity contribution in [3.05, 3.63) is 18.3 Å². The van der Waals surface area contributed by atoms with Crippen molar-refractivity contribution in [1.29, 1.82) is 0 Å². The number of likely N-dealkylation sites (tertiary alicyclic amines) is 1. The van der Waals surface area contributed by atoms with Crippen molar-refractivity contribution in [2.45, 2.75) is 30.6 Å². The molecule has 0 aromatic carbocycles. The van der Waals surface area contributed by atoms with Crippen LogP contribution in [0.3, 0.4) is 0 Å². The molecule has 0 radical (unpaired) electrons. The fraction of sp³-hybridized carbons (Fsp3) is 0.538. The largest absolute Gasteiger partial charge is 0.384 e. The second-order valence-electron chi connectivity index (χ2n) is 5.01. The molecule has 21 heavy (non-hydrogen) atoms. The predicted molar refractivity (Wildman–Crippen MR) is 78.9 cm³/mol. The minimum Gasteiger partial charge on any atom is -0.384 e. The lowest BCUT2D eigenvalue weighted by molar-refractivity contribution is -0.131. The van der Waals surface area contributed by atoms with Crippen LogP contribution < -0.4 is 10.5 Å². The fourth-order valence-electron chi connectivity index (χ4n) is 2.23. The summed E-state index contributed by atoms with van der Waals surface area (Å²) in [6.45, 7) is 1.63. The number of nitrogen functional groups attached to an aromatic ring is 1. The molecule has 1 aromatic heterocycles. The number of nitrogens with two attached hydrogens (primary N) is 1. The van der Waals surface area contributed by atoms with Crippen molar-refractivity contribution in [3.63, 3.8) is 0 Å². The Morgan fingerprint density at radius 1 is 1.29 bits per heavy atom. The summed E-state index contributed by atoms with van der Waals surface area (Å²) in [6, 6.07) is 2.81. The summed E-state index contributed by atoms with van der Waals surface area (Å²) < 4.78 is 26.4. The van der Waals surface area contributed by atoms with E-state index in [1.807, 2.05) is 0 Å². The molecule has 8 heteroatoms. The SMILES string of the molecule is Nc1ccc(S(=O)(=O)NCCC(=O)N2CCCCC2)cn1. The topological polar surface area (TPSA) is 105 Å². The Hall–Kier alpha value is -1.67. The first kappa shape index (κ1) is 15.7. The van der Waals surface area contributed by atoms with Crippen LogP contribution in [-0.4, -0.2) is 43.8 Å². The molecule has 0 saturated carbocycles. The van der Waals surface area contributed by atoms with Gasteiger partial charge in [0.25, 0.3) is 0 Å². The van der Waals surface area contributed by atoms with Gasteiger partial charge in [0.05, 0.1) is 0 Å². The third kappa shape index (κ3) is 4.40. The zero-order valence-corrected chi connectivity index (χ0v) is 12.6. The summed E-state index contributed by atoms with van der Waals surface area (Å²) >= 11 is 0. The third-order valence-corrected chi connectivity index (χ3v) is 4.86. The van der Waals surface area contributed by atoms with E-state index in [1.54, 1.807) is 4.90 Å². The van der Waals surface area contributed by atoms with Gasteiger partial charge in [-0.1, -0.05) is 0 Å². The summed E-state index contributed by atoms with van der Waals surface area (Å²) in [5.74, 6) is 0.252. The van der Waals surface area contributed by atoms with Gasteiger partial charge in [-0.05, 0) is 31.4 Å². The number of piperidine rings is 1. The van der Waals surface area contributed by atoms with E-state index in [0.29, 0.717) is 0 Å². The number of nitrogens with one attached hydrogen (secondary N) is 1. The highest BCUT2D eigenvalue weighted by Crippen LogP contribution is 2.11. The summed E-state index contributed by atoms with van der Waals surface area (Å²) in [5, 5.41) is 0. The van der Waals surface area contributed by atoms with Gasteiger partial charge in [0, 0.05) is 32.3 Å². The number of hydrogen-bond acceptors (Lipinski definition) is 5. The maximum Gasteiger partial charge on any atom is 0.242 e. The number of hydrogen-bond donors (Lipinski definition) is 2. The van der Waals surface area contributed by atoms with Gasteiger partial charge in [-0.25, -0.2) is 18.1 Å². The lowest BCUT2D eigenvalue weighted by atomic mass is 10.1. The number of amides is 1. The average Bonchev–Trinajstić information content (AvgIpc) is 2.48. The Morgan fingerprint density at radius 2 is 2.00 bits per heavy atom. The quantitative estimate of drug-likeness (QED) is 0.816. The van der Waals surface area contributed by atoms with Gasteiger partial charge in [0.15, 0.2) is 0 Å².